The van der Waals surface area contributed by atoms with Gasteiger partial charge in [0.05, 0.1) is 7.11 Å². The molecule has 0 spiro atoms. The van der Waals surface area contributed by atoms with Crippen LogP contribution in [0.5, 0.6) is 5.75 Å². The second-order valence-corrected chi connectivity index (χ2v) is 5.93. The Balaban J connectivity index is 1.88. The fourth-order valence-corrected chi connectivity index (χ4v) is 2.81. The molecule has 3 heteroatoms. The van der Waals surface area contributed by atoms with E-state index >= 15 is 0 Å². The highest BCUT2D eigenvalue weighted by atomic mass is 16.5. The summed E-state index contributed by atoms with van der Waals surface area (Å²) in [5, 5.41) is 0. The SMILES string of the molecule is COc1ccc(C(N)CN2CCC(C(C)C)C2)cc1. The summed E-state index contributed by atoms with van der Waals surface area (Å²) in [6.45, 7) is 7.97. The molecule has 0 amide bonds. The first-order valence-electron chi connectivity index (χ1n) is 7.22. The summed E-state index contributed by atoms with van der Waals surface area (Å²) in [6, 6.07) is 8.20. The van der Waals surface area contributed by atoms with E-state index in [-0.39, 0.29) is 6.04 Å². The number of hydrogen-bond donors (Lipinski definition) is 1. The highest BCUT2D eigenvalue weighted by molar-refractivity contribution is 5.29. The Kier molecular flexibility index (Phi) is 4.83. The third kappa shape index (κ3) is 3.71. The molecule has 0 aromatic heterocycles. The topological polar surface area (TPSA) is 38.5 Å². The third-order valence-electron chi connectivity index (χ3n) is 4.25. The summed E-state index contributed by atoms with van der Waals surface area (Å²) in [4.78, 5) is 2.50. The van der Waals surface area contributed by atoms with Gasteiger partial charge in [-0.2, -0.15) is 0 Å². The summed E-state index contributed by atoms with van der Waals surface area (Å²) in [5.41, 5.74) is 7.49. The van der Waals surface area contributed by atoms with Gasteiger partial charge in [0.15, 0.2) is 0 Å². The normalized spacial score (nSPS) is 21.8. The van der Waals surface area contributed by atoms with Crippen LogP contribution in [0.2, 0.25) is 0 Å². The van der Waals surface area contributed by atoms with Crippen LogP contribution in [0, 0.1) is 11.8 Å². The molecule has 1 aromatic carbocycles. The van der Waals surface area contributed by atoms with Crippen LogP contribution in [-0.4, -0.2) is 31.6 Å². The summed E-state index contributed by atoms with van der Waals surface area (Å²) in [6.07, 6.45) is 1.31. The van der Waals surface area contributed by atoms with Gasteiger partial charge in [0.2, 0.25) is 0 Å². The standard InChI is InChI=1S/C16H26N2O/c1-12(2)14-8-9-18(10-14)11-16(17)13-4-6-15(19-3)7-5-13/h4-7,12,14,16H,8-11,17H2,1-3H3. The van der Waals surface area contributed by atoms with Gasteiger partial charge in [-0.3, -0.25) is 0 Å². The zero-order chi connectivity index (χ0) is 13.8. The van der Waals surface area contributed by atoms with Gasteiger partial charge in [-0.05, 0) is 42.5 Å². The second-order valence-electron chi connectivity index (χ2n) is 5.93. The number of benzene rings is 1. The maximum Gasteiger partial charge on any atom is 0.118 e. The van der Waals surface area contributed by atoms with Gasteiger partial charge in [0.1, 0.15) is 5.75 Å². The Morgan fingerprint density at radius 3 is 2.53 bits per heavy atom. The molecule has 0 bridgehead atoms. The molecule has 2 unspecified atom stereocenters. The van der Waals surface area contributed by atoms with Crippen molar-refractivity contribution in [3.05, 3.63) is 29.8 Å². The maximum absolute atomic E-state index is 6.31. The van der Waals surface area contributed by atoms with Crippen molar-refractivity contribution < 1.29 is 4.74 Å². The molecule has 1 aromatic rings. The van der Waals surface area contributed by atoms with Gasteiger partial charge in [-0.25, -0.2) is 0 Å². The lowest BCUT2D eigenvalue weighted by Gasteiger charge is -2.22. The van der Waals surface area contributed by atoms with E-state index in [0.717, 1.165) is 24.1 Å². The summed E-state index contributed by atoms with van der Waals surface area (Å²) < 4.78 is 5.17. The minimum Gasteiger partial charge on any atom is -0.497 e. The molecule has 1 fully saturated rings. The summed E-state index contributed by atoms with van der Waals surface area (Å²) >= 11 is 0. The van der Waals surface area contributed by atoms with Gasteiger partial charge in [-0.15, -0.1) is 0 Å². The molecule has 106 valence electrons. The van der Waals surface area contributed by atoms with E-state index in [1.807, 2.05) is 12.1 Å². The van der Waals surface area contributed by atoms with Crippen molar-refractivity contribution in [2.24, 2.45) is 17.6 Å². The molecule has 1 heterocycles. The number of methoxy groups -OCH3 is 1. The molecule has 0 aliphatic carbocycles. The molecule has 1 aliphatic rings. The molecule has 3 nitrogen and oxygen atoms in total. The van der Waals surface area contributed by atoms with Crippen LogP contribution >= 0.6 is 0 Å². The minimum atomic E-state index is 0.0943. The smallest absolute Gasteiger partial charge is 0.118 e. The Labute approximate surface area is 116 Å². The Hall–Kier alpha value is -1.06. The van der Waals surface area contributed by atoms with E-state index < -0.39 is 0 Å². The van der Waals surface area contributed by atoms with Crippen molar-refractivity contribution in [1.29, 1.82) is 0 Å². The van der Waals surface area contributed by atoms with Crippen LogP contribution in [0.1, 0.15) is 31.9 Å². The van der Waals surface area contributed by atoms with Crippen LogP contribution in [-0.2, 0) is 0 Å². The fourth-order valence-electron chi connectivity index (χ4n) is 2.81. The summed E-state index contributed by atoms with van der Waals surface area (Å²) in [7, 11) is 1.69. The maximum atomic E-state index is 6.31. The van der Waals surface area contributed by atoms with Gasteiger partial charge in [0.25, 0.3) is 0 Å². The zero-order valence-electron chi connectivity index (χ0n) is 12.3. The van der Waals surface area contributed by atoms with Crippen LogP contribution in [0.25, 0.3) is 0 Å². The average molecular weight is 262 g/mol. The number of rotatable bonds is 5. The van der Waals surface area contributed by atoms with Crippen LogP contribution in [0.3, 0.4) is 0 Å². The molecule has 0 radical (unpaired) electrons. The van der Waals surface area contributed by atoms with Crippen LogP contribution in [0.15, 0.2) is 24.3 Å². The molecule has 2 rings (SSSR count). The van der Waals surface area contributed by atoms with E-state index in [1.165, 1.54) is 25.1 Å². The quantitative estimate of drug-likeness (QED) is 0.886. The van der Waals surface area contributed by atoms with Crippen molar-refractivity contribution >= 4 is 0 Å². The highest BCUT2D eigenvalue weighted by Gasteiger charge is 2.25. The Morgan fingerprint density at radius 2 is 2.00 bits per heavy atom. The van der Waals surface area contributed by atoms with Gasteiger partial charge in [-0.1, -0.05) is 26.0 Å². The van der Waals surface area contributed by atoms with Crippen LogP contribution < -0.4 is 10.5 Å². The average Bonchev–Trinajstić information content (AvgIpc) is 2.87. The first kappa shape index (κ1) is 14.4. The monoisotopic (exact) mass is 262 g/mol. The Bertz CT molecular complexity index is 388. The van der Waals surface area contributed by atoms with E-state index in [4.69, 9.17) is 10.5 Å². The number of nitrogens with two attached hydrogens (primary N) is 1. The number of likely N-dealkylation sites (tertiary alicyclic amines) is 1. The van der Waals surface area contributed by atoms with E-state index in [2.05, 4.69) is 30.9 Å². The van der Waals surface area contributed by atoms with Crippen molar-refractivity contribution in [2.75, 3.05) is 26.7 Å². The van der Waals surface area contributed by atoms with Gasteiger partial charge >= 0.3 is 0 Å². The van der Waals surface area contributed by atoms with E-state index in [9.17, 15) is 0 Å². The molecule has 1 aliphatic heterocycles. The van der Waals surface area contributed by atoms with Crippen molar-refractivity contribution in [1.82, 2.24) is 4.90 Å². The minimum absolute atomic E-state index is 0.0943. The van der Waals surface area contributed by atoms with Gasteiger partial charge in [0, 0.05) is 19.1 Å². The lowest BCUT2D eigenvalue weighted by atomic mass is 9.95. The lowest BCUT2D eigenvalue weighted by Crippen LogP contribution is -2.31. The molecule has 2 atom stereocenters. The molecule has 0 saturated carbocycles. The molecular weight excluding hydrogens is 236 g/mol. The van der Waals surface area contributed by atoms with E-state index in [0.29, 0.717) is 0 Å². The number of ether oxygens (including phenoxy) is 1. The predicted molar refractivity (Wildman–Crippen MR) is 79.3 cm³/mol. The number of hydrogen-bond acceptors (Lipinski definition) is 3. The fraction of sp³-hybridized carbons (Fsp3) is 0.625. The predicted octanol–water partition coefficient (Wildman–Crippen LogP) is 2.67. The first-order chi connectivity index (χ1) is 9.10. The first-order valence-corrected chi connectivity index (χ1v) is 7.22. The molecule has 1 saturated heterocycles. The zero-order valence-corrected chi connectivity index (χ0v) is 12.3. The van der Waals surface area contributed by atoms with E-state index in [1.54, 1.807) is 7.11 Å². The van der Waals surface area contributed by atoms with Gasteiger partial charge < -0.3 is 15.4 Å². The van der Waals surface area contributed by atoms with Crippen molar-refractivity contribution in [3.63, 3.8) is 0 Å². The highest BCUT2D eigenvalue weighted by Crippen LogP contribution is 2.25. The largest absolute Gasteiger partial charge is 0.497 e. The molecular formula is C16H26N2O. The van der Waals surface area contributed by atoms with Crippen molar-refractivity contribution in [2.45, 2.75) is 26.3 Å². The molecule has 19 heavy (non-hydrogen) atoms. The second kappa shape index (κ2) is 6.40. The number of nitrogens with zero attached hydrogens (tertiary/aromatic N) is 1. The summed E-state index contributed by atoms with van der Waals surface area (Å²) in [5.74, 6) is 2.50. The Morgan fingerprint density at radius 1 is 1.32 bits per heavy atom. The third-order valence-corrected chi connectivity index (χ3v) is 4.25. The van der Waals surface area contributed by atoms with Crippen molar-refractivity contribution in [3.8, 4) is 5.75 Å². The lowest BCUT2D eigenvalue weighted by molar-refractivity contribution is 0.287. The molecule has 2 N–H and O–H groups in total. The van der Waals surface area contributed by atoms with Crippen LogP contribution in [0.4, 0.5) is 0 Å².